The Bertz CT molecular complexity index is 447. The molecule has 0 aliphatic carbocycles. The quantitative estimate of drug-likeness (QED) is 0.887. The largest absolute Gasteiger partial charge is 0.493 e. The third-order valence-electron chi connectivity index (χ3n) is 3.69. The minimum atomic E-state index is -0.744. The van der Waals surface area contributed by atoms with E-state index in [0.717, 1.165) is 12.3 Å². The molecule has 1 N–H and O–H groups in total. The first-order chi connectivity index (χ1) is 9.13. The van der Waals surface area contributed by atoms with Crippen LogP contribution >= 0.6 is 0 Å². The first-order valence-corrected chi connectivity index (χ1v) is 6.81. The van der Waals surface area contributed by atoms with Crippen LogP contribution in [-0.4, -0.2) is 35.7 Å². The van der Waals surface area contributed by atoms with Gasteiger partial charge in [0.05, 0.1) is 13.0 Å². The van der Waals surface area contributed by atoms with Gasteiger partial charge in [-0.3, -0.25) is 9.69 Å². The zero-order chi connectivity index (χ0) is 13.8. The first kappa shape index (κ1) is 13.9. The van der Waals surface area contributed by atoms with Gasteiger partial charge in [-0.2, -0.15) is 0 Å². The summed E-state index contributed by atoms with van der Waals surface area (Å²) in [6.45, 7) is 6.34. The summed E-state index contributed by atoms with van der Waals surface area (Å²) in [4.78, 5) is 13.0. The molecule has 0 bridgehead atoms. The van der Waals surface area contributed by atoms with Crippen LogP contribution in [0.5, 0.6) is 5.75 Å². The fraction of sp³-hybridized carbons (Fsp3) is 0.533. The SMILES string of the molecule is CCN(CCC(=O)O)C1c2ccccc2OCC1C. The highest BCUT2D eigenvalue weighted by atomic mass is 16.5. The van der Waals surface area contributed by atoms with Crippen molar-refractivity contribution in [3.8, 4) is 5.75 Å². The molecule has 1 aliphatic rings. The smallest absolute Gasteiger partial charge is 0.304 e. The van der Waals surface area contributed by atoms with Crippen molar-refractivity contribution < 1.29 is 14.6 Å². The van der Waals surface area contributed by atoms with E-state index in [1.807, 2.05) is 18.2 Å². The molecule has 1 aromatic carbocycles. The number of ether oxygens (including phenoxy) is 1. The van der Waals surface area contributed by atoms with E-state index in [0.29, 0.717) is 19.1 Å². The van der Waals surface area contributed by atoms with E-state index >= 15 is 0 Å². The van der Waals surface area contributed by atoms with E-state index in [-0.39, 0.29) is 12.5 Å². The summed E-state index contributed by atoms with van der Waals surface area (Å²) in [5.74, 6) is 0.550. The fourth-order valence-corrected chi connectivity index (χ4v) is 2.76. The van der Waals surface area contributed by atoms with Crippen molar-refractivity contribution in [3.05, 3.63) is 29.8 Å². The van der Waals surface area contributed by atoms with Gasteiger partial charge in [0.1, 0.15) is 5.75 Å². The van der Waals surface area contributed by atoms with Gasteiger partial charge in [0.2, 0.25) is 0 Å². The first-order valence-electron chi connectivity index (χ1n) is 6.81. The number of carbonyl (C=O) groups is 1. The van der Waals surface area contributed by atoms with Gasteiger partial charge in [-0.25, -0.2) is 0 Å². The summed E-state index contributed by atoms with van der Waals surface area (Å²) in [7, 11) is 0. The zero-order valence-corrected chi connectivity index (χ0v) is 11.5. The lowest BCUT2D eigenvalue weighted by Gasteiger charge is -2.39. The van der Waals surface area contributed by atoms with Gasteiger partial charge < -0.3 is 9.84 Å². The van der Waals surface area contributed by atoms with Crippen molar-refractivity contribution in [1.82, 2.24) is 4.90 Å². The summed E-state index contributed by atoms with van der Waals surface area (Å²) in [6, 6.07) is 8.30. The number of carboxylic acid groups (broad SMARTS) is 1. The molecular weight excluding hydrogens is 242 g/mol. The number of aliphatic carboxylic acids is 1. The predicted molar refractivity (Wildman–Crippen MR) is 73.3 cm³/mol. The fourth-order valence-electron chi connectivity index (χ4n) is 2.76. The molecule has 4 nitrogen and oxygen atoms in total. The summed E-state index contributed by atoms with van der Waals surface area (Å²) < 4.78 is 5.74. The molecule has 0 saturated carbocycles. The van der Waals surface area contributed by atoms with Crippen LogP contribution in [0.15, 0.2) is 24.3 Å². The Balaban J connectivity index is 2.23. The topological polar surface area (TPSA) is 49.8 Å². The van der Waals surface area contributed by atoms with Gasteiger partial charge in [-0.05, 0) is 12.6 Å². The van der Waals surface area contributed by atoms with Crippen LogP contribution in [0.3, 0.4) is 0 Å². The Morgan fingerprint density at radius 2 is 2.21 bits per heavy atom. The number of para-hydroxylation sites is 1. The van der Waals surface area contributed by atoms with E-state index in [9.17, 15) is 4.79 Å². The van der Waals surface area contributed by atoms with Crippen LogP contribution in [-0.2, 0) is 4.79 Å². The summed E-state index contributed by atoms with van der Waals surface area (Å²) in [5, 5.41) is 8.87. The Labute approximate surface area is 114 Å². The normalized spacial score (nSPS) is 21.8. The maximum atomic E-state index is 10.8. The van der Waals surface area contributed by atoms with Gasteiger partial charge >= 0.3 is 5.97 Å². The molecule has 0 radical (unpaired) electrons. The summed E-state index contributed by atoms with van der Waals surface area (Å²) >= 11 is 0. The molecule has 1 aromatic rings. The Morgan fingerprint density at radius 1 is 1.47 bits per heavy atom. The minimum absolute atomic E-state index is 0.181. The number of carboxylic acids is 1. The highest BCUT2D eigenvalue weighted by molar-refractivity contribution is 5.66. The van der Waals surface area contributed by atoms with E-state index in [1.165, 1.54) is 5.56 Å². The number of rotatable bonds is 5. The lowest BCUT2D eigenvalue weighted by Crippen LogP contribution is -2.38. The van der Waals surface area contributed by atoms with Crippen molar-refractivity contribution in [1.29, 1.82) is 0 Å². The highest BCUT2D eigenvalue weighted by Crippen LogP contribution is 2.38. The number of nitrogens with zero attached hydrogens (tertiary/aromatic N) is 1. The second-order valence-electron chi connectivity index (χ2n) is 5.04. The van der Waals surface area contributed by atoms with E-state index in [1.54, 1.807) is 0 Å². The molecule has 1 aliphatic heterocycles. The molecule has 0 aromatic heterocycles. The van der Waals surface area contributed by atoms with Gasteiger partial charge in [0.25, 0.3) is 0 Å². The van der Waals surface area contributed by atoms with E-state index < -0.39 is 5.97 Å². The molecule has 0 saturated heterocycles. The second kappa shape index (κ2) is 6.06. The average molecular weight is 263 g/mol. The molecule has 1 heterocycles. The Morgan fingerprint density at radius 3 is 2.89 bits per heavy atom. The van der Waals surface area contributed by atoms with Gasteiger partial charge in [0.15, 0.2) is 0 Å². The van der Waals surface area contributed by atoms with Crippen LogP contribution in [0.1, 0.15) is 31.9 Å². The van der Waals surface area contributed by atoms with Gasteiger partial charge in [0, 0.05) is 24.1 Å². The Hall–Kier alpha value is -1.55. The monoisotopic (exact) mass is 263 g/mol. The maximum Gasteiger partial charge on any atom is 0.304 e. The Kier molecular flexibility index (Phi) is 4.43. The molecule has 0 amide bonds. The molecule has 2 rings (SSSR count). The van der Waals surface area contributed by atoms with Crippen molar-refractivity contribution >= 4 is 5.97 Å². The highest BCUT2D eigenvalue weighted by Gasteiger charge is 2.31. The van der Waals surface area contributed by atoms with Gasteiger partial charge in [-0.15, -0.1) is 0 Å². The van der Waals surface area contributed by atoms with Crippen molar-refractivity contribution in [2.45, 2.75) is 26.3 Å². The van der Waals surface area contributed by atoms with Crippen LogP contribution < -0.4 is 4.74 Å². The maximum absolute atomic E-state index is 10.8. The molecular formula is C15H21NO3. The molecule has 0 spiro atoms. The number of hydrogen-bond donors (Lipinski definition) is 1. The van der Waals surface area contributed by atoms with Crippen molar-refractivity contribution in [2.75, 3.05) is 19.7 Å². The van der Waals surface area contributed by atoms with Crippen LogP contribution in [0.25, 0.3) is 0 Å². The number of fused-ring (bicyclic) bond motifs is 1. The van der Waals surface area contributed by atoms with Crippen LogP contribution in [0, 0.1) is 5.92 Å². The third-order valence-corrected chi connectivity index (χ3v) is 3.69. The molecule has 0 fully saturated rings. The van der Waals surface area contributed by atoms with E-state index in [4.69, 9.17) is 9.84 Å². The molecule has 104 valence electrons. The second-order valence-corrected chi connectivity index (χ2v) is 5.04. The third kappa shape index (κ3) is 3.07. The lowest BCUT2D eigenvalue weighted by molar-refractivity contribution is -0.137. The molecule has 19 heavy (non-hydrogen) atoms. The summed E-state index contributed by atoms with van der Waals surface area (Å²) in [5.41, 5.74) is 1.17. The molecule has 4 heteroatoms. The minimum Gasteiger partial charge on any atom is -0.493 e. The summed E-state index contributed by atoms with van der Waals surface area (Å²) in [6.07, 6.45) is 0.181. The molecule has 2 unspecified atom stereocenters. The van der Waals surface area contributed by atoms with E-state index in [2.05, 4.69) is 24.8 Å². The van der Waals surface area contributed by atoms with Crippen LogP contribution in [0.4, 0.5) is 0 Å². The van der Waals surface area contributed by atoms with Crippen molar-refractivity contribution in [3.63, 3.8) is 0 Å². The number of benzene rings is 1. The molecule has 2 atom stereocenters. The van der Waals surface area contributed by atoms with Crippen molar-refractivity contribution in [2.24, 2.45) is 5.92 Å². The standard InChI is InChI=1S/C15H21NO3/c1-3-16(9-8-14(17)18)15-11(2)10-19-13-7-5-4-6-12(13)15/h4-7,11,15H,3,8-10H2,1-2H3,(H,17,18). The number of hydrogen-bond acceptors (Lipinski definition) is 3. The predicted octanol–water partition coefficient (Wildman–Crippen LogP) is 2.55. The lowest BCUT2D eigenvalue weighted by atomic mass is 9.90. The van der Waals surface area contributed by atoms with Crippen LogP contribution in [0.2, 0.25) is 0 Å². The zero-order valence-electron chi connectivity index (χ0n) is 11.5. The average Bonchev–Trinajstić information content (AvgIpc) is 2.41. The van der Waals surface area contributed by atoms with Gasteiger partial charge in [-0.1, -0.05) is 32.0 Å².